The van der Waals surface area contributed by atoms with Gasteiger partial charge >= 0.3 is 0 Å². The summed E-state index contributed by atoms with van der Waals surface area (Å²) in [6, 6.07) is 1.90. The van der Waals surface area contributed by atoms with E-state index in [2.05, 4.69) is 6.92 Å². The lowest BCUT2D eigenvalue weighted by Gasteiger charge is -2.00. The van der Waals surface area contributed by atoms with Gasteiger partial charge in [0.2, 0.25) is 5.70 Å². The van der Waals surface area contributed by atoms with Gasteiger partial charge in [-0.15, -0.1) is 0 Å². The molecule has 0 aliphatic carbocycles. The van der Waals surface area contributed by atoms with E-state index >= 15 is 0 Å². The van der Waals surface area contributed by atoms with Crippen LogP contribution in [0.3, 0.4) is 0 Å². The summed E-state index contributed by atoms with van der Waals surface area (Å²) in [4.78, 5) is 10.5. The molecule has 0 saturated carbocycles. The van der Waals surface area contributed by atoms with Crippen molar-refractivity contribution in [3.05, 3.63) is 39.8 Å². The van der Waals surface area contributed by atoms with E-state index in [0.29, 0.717) is 0 Å². The van der Waals surface area contributed by atoms with Gasteiger partial charge in [-0.05, 0) is 18.1 Å². The van der Waals surface area contributed by atoms with E-state index in [4.69, 9.17) is 0 Å². The number of allylic oxidation sites excluding steroid dienone is 1. The van der Waals surface area contributed by atoms with Gasteiger partial charge < -0.3 is 4.57 Å². The number of aromatic nitrogens is 1. The van der Waals surface area contributed by atoms with Gasteiger partial charge in [-0.2, -0.15) is 0 Å². The third-order valence-corrected chi connectivity index (χ3v) is 2.37. The molecule has 4 heteroatoms. The zero-order chi connectivity index (χ0) is 12.1. The monoisotopic (exact) mass is 222 g/mol. The number of aryl methyl sites for hydroxylation is 1. The molecule has 0 aliphatic rings. The van der Waals surface area contributed by atoms with Gasteiger partial charge in [-0.1, -0.05) is 20.8 Å². The van der Waals surface area contributed by atoms with Crippen molar-refractivity contribution in [2.75, 3.05) is 0 Å². The minimum Gasteiger partial charge on any atom is -0.354 e. The Bertz CT molecular complexity index is 391. The molecule has 0 saturated heterocycles. The highest BCUT2D eigenvalue weighted by Gasteiger charge is 2.15. The van der Waals surface area contributed by atoms with Crippen LogP contribution in [0.25, 0.3) is 6.08 Å². The first-order valence-electron chi connectivity index (χ1n) is 5.56. The van der Waals surface area contributed by atoms with E-state index < -0.39 is 0 Å². The molecule has 1 aromatic rings. The zero-order valence-electron chi connectivity index (χ0n) is 10.0. The first-order valence-corrected chi connectivity index (χ1v) is 5.56. The van der Waals surface area contributed by atoms with Crippen molar-refractivity contribution in [2.45, 2.75) is 33.7 Å². The maximum atomic E-state index is 10.8. The lowest BCUT2D eigenvalue weighted by molar-refractivity contribution is -0.431. The minimum atomic E-state index is -0.304. The molecular weight excluding hydrogens is 204 g/mol. The van der Waals surface area contributed by atoms with Gasteiger partial charge in [0.25, 0.3) is 0 Å². The average molecular weight is 222 g/mol. The third kappa shape index (κ3) is 3.22. The Morgan fingerprint density at radius 1 is 1.62 bits per heavy atom. The van der Waals surface area contributed by atoms with Crippen molar-refractivity contribution in [3.8, 4) is 0 Å². The van der Waals surface area contributed by atoms with Crippen molar-refractivity contribution in [2.24, 2.45) is 5.92 Å². The van der Waals surface area contributed by atoms with E-state index in [0.717, 1.165) is 18.5 Å². The number of nitro groups is 1. The van der Waals surface area contributed by atoms with Crippen LogP contribution in [0, 0.1) is 16.0 Å². The fourth-order valence-electron chi connectivity index (χ4n) is 1.54. The third-order valence-electron chi connectivity index (χ3n) is 2.37. The molecule has 0 fully saturated rings. The Balaban J connectivity index is 2.90. The van der Waals surface area contributed by atoms with Crippen LogP contribution in [0.15, 0.2) is 24.2 Å². The summed E-state index contributed by atoms with van der Waals surface area (Å²) < 4.78 is 2.05. The van der Waals surface area contributed by atoms with Crippen molar-refractivity contribution in [3.63, 3.8) is 0 Å². The van der Waals surface area contributed by atoms with Gasteiger partial charge in [-0.25, -0.2) is 0 Å². The molecule has 16 heavy (non-hydrogen) atoms. The Labute approximate surface area is 95.7 Å². The predicted molar refractivity (Wildman–Crippen MR) is 64.5 cm³/mol. The Hall–Kier alpha value is -1.58. The zero-order valence-corrected chi connectivity index (χ0v) is 10.0. The number of nitrogens with zero attached hydrogens (tertiary/aromatic N) is 2. The van der Waals surface area contributed by atoms with Crippen LogP contribution < -0.4 is 0 Å². The summed E-state index contributed by atoms with van der Waals surface area (Å²) in [6.07, 6.45) is 6.60. The number of hydrogen-bond acceptors (Lipinski definition) is 2. The van der Waals surface area contributed by atoms with Crippen LogP contribution in [-0.2, 0) is 6.54 Å². The van der Waals surface area contributed by atoms with E-state index in [1.165, 1.54) is 0 Å². The van der Waals surface area contributed by atoms with E-state index in [-0.39, 0.29) is 16.5 Å². The van der Waals surface area contributed by atoms with Crippen LogP contribution in [0.4, 0.5) is 0 Å². The number of rotatable bonds is 5. The maximum Gasteiger partial charge on any atom is 0.249 e. The van der Waals surface area contributed by atoms with Crippen LogP contribution >= 0.6 is 0 Å². The first-order chi connectivity index (χ1) is 7.54. The second-order valence-corrected chi connectivity index (χ2v) is 4.16. The molecular formula is C12H18N2O2. The van der Waals surface area contributed by atoms with Gasteiger partial charge in [0.15, 0.2) is 0 Å². The average Bonchev–Trinajstić information content (AvgIpc) is 2.61. The predicted octanol–water partition coefficient (Wildman–Crippen LogP) is 3.17. The topological polar surface area (TPSA) is 48.1 Å². The Kier molecular flexibility index (Phi) is 4.28. The normalized spacial score (nSPS) is 12.1. The lowest BCUT2D eigenvalue weighted by Crippen LogP contribution is -2.05. The van der Waals surface area contributed by atoms with Crippen molar-refractivity contribution >= 4 is 6.08 Å². The molecule has 0 aromatic carbocycles. The van der Waals surface area contributed by atoms with Gasteiger partial charge in [-0.3, -0.25) is 10.1 Å². The fourth-order valence-corrected chi connectivity index (χ4v) is 1.54. The molecule has 0 amide bonds. The summed E-state index contributed by atoms with van der Waals surface area (Å²) in [5.41, 5.74) is 1.16. The second kappa shape index (κ2) is 5.49. The highest BCUT2D eigenvalue weighted by Crippen LogP contribution is 2.15. The standard InChI is InChI=1S/C12H18N2O2/c1-4-6-13-7-5-11(9-13)8-12(10(2)3)14(15)16/h5,7-10H,4,6H2,1-3H3/b12-8-. The van der Waals surface area contributed by atoms with Gasteiger partial charge in [0.1, 0.15) is 0 Å². The molecule has 0 atom stereocenters. The molecule has 88 valence electrons. The quantitative estimate of drug-likeness (QED) is 0.567. The Morgan fingerprint density at radius 3 is 2.81 bits per heavy atom. The summed E-state index contributed by atoms with van der Waals surface area (Å²) in [6.45, 7) is 6.71. The molecule has 0 spiro atoms. The smallest absolute Gasteiger partial charge is 0.249 e. The molecule has 1 aromatic heterocycles. The molecule has 4 nitrogen and oxygen atoms in total. The van der Waals surface area contributed by atoms with Crippen LogP contribution in [0.1, 0.15) is 32.8 Å². The highest BCUT2D eigenvalue weighted by molar-refractivity contribution is 5.50. The lowest BCUT2D eigenvalue weighted by atomic mass is 10.1. The van der Waals surface area contributed by atoms with E-state index in [1.54, 1.807) is 6.08 Å². The molecule has 0 unspecified atom stereocenters. The van der Waals surface area contributed by atoms with Crippen molar-refractivity contribution < 1.29 is 4.92 Å². The SMILES string of the molecule is CCCn1ccc(/C=C(/C(C)C)[N+](=O)[O-])c1. The minimum absolute atomic E-state index is 0.0653. The first kappa shape index (κ1) is 12.5. The van der Waals surface area contributed by atoms with Crippen LogP contribution in [0.5, 0.6) is 0 Å². The molecule has 1 rings (SSSR count). The largest absolute Gasteiger partial charge is 0.354 e. The summed E-state index contributed by atoms with van der Waals surface area (Å²) >= 11 is 0. The van der Waals surface area contributed by atoms with Crippen molar-refractivity contribution in [1.82, 2.24) is 4.57 Å². The molecule has 0 N–H and O–H groups in total. The van der Waals surface area contributed by atoms with E-state index in [9.17, 15) is 10.1 Å². The van der Waals surface area contributed by atoms with Crippen LogP contribution in [-0.4, -0.2) is 9.49 Å². The maximum absolute atomic E-state index is 10.8. The van der Waals surface area contributed by atoms with Gasteiger partial charge in [0, 0.05) is 30.9 Å². The highest BCUT2D eigenvalue weighted by atomic mass is 16.6. The second-order valence-electron chi connectivity index (χ2n) is 4.16. The summed E-state index contributed by atoms with van der Waals surface area (Å²) in [7, 11) is 0. The van der Waals surface area contributed by atoms with Gasteiger partial charge in [0.05, 0.1) is 4.92 Å². The fraction of sp³-hybridized carbons (Fsp3) is 0.500. The van der Waals surface area contributed by atoms with E-state index in [1.807, 2.05) is 36.9 Å². The molecule has 0 bridgehead atoms. The molecule has 0 aliphatic heterocycles. The molecule has 1 heterocycles. The number of hydrogen-bond donors (Lipinski definition) is 0. The van der Waals surface area contributed by atoms with Crippen LogP contribution in [0.2, 0.25) is 0 Å². The Morgan fingerprint density at radius 2 is 2.31 bits per heavy atom. The van der Waals surface area contributed by atoms with Crippen molar-refractivity contribution in [1.29, 1.82) is 0 Å². The summed E-state index contributed by atoms with van der Waals surface area (Å²) in [5.74, 6) is -0.0653. The summed E-state index contributed by atoms with van der Waals surface area (Å²) in [5, 5.41) is 10.8. The molecule has 0 radical (unpaired) electrons.